The van der Waals surface area contributed by atoms with E-state index >= 15 is 0 Å². The van der Waals surface area contributed by atoms with E-state index in [1.165, 1.54) is 12.1 Å². The van der Waals surface area contributed by atoms with E-state index < -0.39 is 5.82 Å². The minimum Gasteiger partial charge on any atom is -0.491 e. The normalized spacial score (nSPS) is 10.2. The highest BCUT2D eigenvalue weighted by molar-refractivity contribution is 6.08. The van der Waals surface area contributed by atoms with Gasteiger partial charge in [0.2, 0.25) is 0 Å². The summed E-state index contributed by atoms with van der Waals surface area (Å²) in [7, 11) is 0. The maximum atomic E-state index is 13.7. The highest BCUT2D eigenvalue weighted by atomic mass is 19.1. The second-order valence-electron chi connectivity index (χ2n) is 4.57. The number of nitrogens with one attached hydrogen (secondary N) is 1. The van der Waals surface area contributed by atoms with Gasteiger partial charge in [-0.05, 0) is 37.6 Å². The van der Waals surface area contributed by atoms with E-state index in [1.807, 2.05) is 0 Å². The summed E-state index contributed by atoms with van der Waals surface area (Å²) in [6.07, 6.45) is 0. The minimum absolute atomic E-state index is 0.158. The van der Waals surface area contributed by atoms with Gasteiger partial charge >= 0.3 is 0 Å². The van der Waals surface area contributed by atoms with Crippen molar-refractivity contribution in [1.29, 1.82) is 0 Å². The molecule has 2 rings (SSSR count). The first kappa shape index (κ1) is 14.8. The molecule has 2 aromatic rings. The molecule has 0 radical (unpaired) electrons. The molecule has 2 aromatic carbocycles. The minimum atomic E-state index is -0.521. The average molecular weight is 288 g/mol. The lowest BCUT2D eigenvalue weighted by Gasteiger charge is -2.11. The number of hydrogen-bond donors (Lipinski definition) is 2. The van der Waals surface area contributed by atoms with Crippen LogP contribution in [0.3, 0.4) is 0 Å². The molecule has 5 heteroatoms. The molecule has 0 heterocycles. The van der Waals surface area contributed by atoms with Crippen molar-refractivity contribution in [2.75, 3.05) is 17.7 Å². The quantitative estimate of drug-likeness (QED) is 0.848. The van der Waals surface area contributed by atoms with Crippen molar-refractivity contribution in [3.8, 4) is 5.75 Å². The number of hydrogen-bond acceptors (Lipinski definition) is 3. The maximum Gasteiger partial charge on any atom is 0.258 e. The molecular formula is C16H17FN2O2. The Bertz CT molecular complexity index is 651. The third-order valence-corrected chi connectivity index (χ3v) is 3.02. The van der Waals surface area contributed by atoms with Crippen LogP contribution < -0.4 is 15.8 Å². The molecule has 0 aliphatic rings. The van der Waals surface area contributed by atoms with Crippen LogP contribution in [0.15, 0.2) is 36.4 Å². The van der Waals surface area contributed by atoms with Gasteiger partial charge in [0.15, 0.2) is 11.6 Å². The van der Waals surface area contributed by atoms with Crippen LogP contribution in [0.25, 0.3) is 0 Å². The van der Waals surface area contributed by atoms with Crippen LogP contribution in [-0.2, 0) is 0 Å². The zero-order valence-electron chi connectivity index (χ0n) is 11.9. The fourth-order valence-electron chi connectivity index (χ4n) is 2.05. The molecular weight excluding hydrogens is 271 g/mol. The summed E-state index contributed by atoms with van der Waals surface area (Å²) >= 11 is 0. The predicted molar refractivity (Wildman–Crippen MR) is 81.1 cm³/mol. The van der Waals surface area contributed by atoms with Crippen molar-refractivity contribution in [3.63, 3.8) is 0 Å². The lowest BCUT2D eigenvalue weighted by molar-refractivity contribution is 0.102. The van der Waals surface area contributed by atoms with Gasteiger partial charge in [-0.15, -0.1) is 0 Å². The van der Waals surface area contributed by atoms with E-state index in [-0.39, 0.29) is 11.7 Å². The Kier molecular flexibility index (Phi) is 4.42. The SMILES string of the molecule is CCOc1ccc(NC(=O)c2c(C)cccc2N)cc1F. The number of carbonyl (C=O) groups excluding carboxylic acids is 1. The molecule has 21 heavy (non-hydrogen) atoms. The number of halogens is 1. The van der Waals surface area contributed by atoms with E-state index in [1.54, 1.807) is 38.1 Å². The molecule has 0 bridgehead atoms. The Morgan fingerprint density at radius 1 is 1.33 bits per heavy atom. The van der Waals surface area contributed by atoms with Crippen molar-refractivity contribution in [2.24, 2.45) is 0 Å². The third kappa shape index (κ3) is 3.31. The second-order valence-corrected chi connectivity index (χ2v) is 4.57. The number of amides is 1. The number of nitrogens with two attached hydrogens (primary N) is 1. The highest BCUT2D eigenvalue weighted by Crippen LogP contribution is 2.23. The zero-order chi connectivity index (χ0) is 15.4. The summed E-state index contributed by atoms with van der Waals surface area (Å²) in [5.41, 5.74) is 7.71. The first-order valence-corrected chi connectivity index (χ1v) is 6.61. The summed E-state index contributed by atoms with van der Waals surface area (Å²) in [5, 5.41) is 2.64. The third-order valence-electron chi connectivity index (χ3n) is 3.02. The van der Waals surface area contributed by atoms with E-state index in [0.717, 1.165) is 5.56 Å². The molecule has 1 amide bonds. The molecule has 0 spiro atoms. The number of nitrogen functional groups attached to an aromatic ring is 1. The standard InChI is InChI=1S/C16H17FN2O2/c1-3-21-14-8-7-11(9-12(14)17)19-16(20)15-10(2)5-4-6-13(15)18/h4-9H,3,18H2,1-2H3,(H,19,20). The van der Waals surface area contributed by atoms with Crippen LogP contribution in [0, 0.1) is 12.7 Å². The summed E-state index contributed by atoms with van der Waals surface area (Å²) < 4.78 is 18.9. The van der Waals surface area contributed by atoms with Crippen LogP contribution >= 0.6 is 0 Å². The molecule has 0 atom stereocenters. The molecule has 110 valence electrons. The van der Waals surface area contributed by atoms with Gasteiger partial charge < -0.3 is 15.8 Å². The Balaban J connectivity index is 2.22. The number of ether oxygens (including phenoxy) is 1. The molecule has 0 aromatic heterocycles. The summed E-state index contributed by atoms with van der Waals surface area (Å²) in [4.78, 5) is 12.2. The van der Waals surface area contributed by atoms with Gasteiger partial charge in [0.1, 0.15) is 0 Å². The number of rotatable bonds is 4. The molecule has 0 saturated carbocycles. The monoisotopic (exact) mass is 288 g/mol. The second kappa shape index (κ2) is 6.26. The molecule has 0 saturated heterocycles. The largest absolute Gasteiger partial charge is 0.491 e. The first-order chi connectivity index (χ1) is 10.0. The van der Waals surface area contributed by atoms with E-state index in [2.05, 4.69) is 5.32 Å². The summed E-state index contributed by atoms with van der Waals surface area (Å²) in [6.45, 7) is 3.95. The van der Waals surface area contributed by atoms with Gasteiger partial charge in [-0.25, -0.2) is 4.39 Å². The smallest absolute Gasteiger partial charge is 0.258 e. The summed E-state index contributed by atoms with van der Waals surface area (Å²) in [6, 6.07) is 9.51. The Morgan fingerprint density at radius 2 is 2.10 bits per heavy atom. The van der Waals surface area contributed by atoms with Crippen LogP contribution in [0.4, 0.5) is 15.8 Å². The number of aryl methyl sites for hydroxylation is 1. The van der Waals surface area contributed by atoms with E-state index in [0.29, 0.717) is 23.5 Å². The topological polar surface area (TPSA) is 64.3 Å². The van der Waals surface area contributed by atoms with Crippen LogP contribution in [-0.4, -0.2) is 12.5 Å². The van der Waals surface area contributed by atoms with E-state index in [9.17, 15) is 9.18 Å². The first-order valence-electron chi connectivity index (χ1n) is 6.61. The van der Waals surface area contributed by atoms with Crippen molar-refractivity contribution in [3.05, 3.63) is 53.3 Å². The Hall–Kier alpha value is -2.56. The van der Waals surface area contributed by atoms with Gasteiger partial charge in [0, 0.05) is 17.4 Å². The van der Waals surface area contributed by atoms with E-state index in [4.69, 9.17) is 10.5 Å². The molecule has 3 N–H and O–H groups in total. The molecule has 0 unspecified atom stereocenters. The fraction of sp³-hybridized carbons (Fsp3) is 0.188. The number of benzene rings is 2. The van der Waals surface area contributed by atoms with Gasteiger partial charge in [-0.2, -0.15) is 0 Å². The lowest BCUT2D eigenvalue weighted by Crippen LogP contribution is -2.15. The maximum absolute atomic E-state index is 13.7. The number of carbonyl (C=O) groups is 1. The lowest BCUT2D eigenvalue weighted by atomic mass is 10.1. The Morgan fingerprint density at radius 3 is 2.71 bits per heavy atom. The Labute approximate surface area is 122 Å². The number of anilines is 2. The highest BCUT2D eigenvalue weighted by Gasteiger charge is 2.13. The van der Waals surface area contributed by atoms with Gasteiger partial charge in [0.25, 0.3) is 5.91 Å². The van der Waals surface area contributed by atoms with Crippen molar-refractivity contribution in [2.45, 2.75) is 13.8 Å². The van der Waals surface area contributed by atoms with Gasteiger partial charge in [-0.3, -0.25) is 4.79 Å². The zero-order valence-corrected chi connectivity index (χ0v) is 11.9. The van der Waals surface area contributed by atoms with Gasteiger partial charge in [0.05, 0.1) is 12.2 Å². The van der Waals surface area contributed by atoms with Crippen LogP contribution in [0.2, 0.25) is 0 Å². The fourth-order valence-corrected chi connectivity index (χ4v) is 2.05. The average Bonchev–Trinajstić information content (AvgIpc) is 2.42. The molecule has 0 fully saturated rings. The van der Waals surface area contributed by atoms with Gasteiger partial charge in [-0.1, -0.05) is 12.1 Å². The van der Waals surface area contributed by atoms with Crippen molar-refractivity contribution >= 4 is 17.3 Å². The van der Waals surface area contributed by atoms with Crippen molar-refractivity contribution in [1.82, 2.24) is 0 Å². The molecule has 0 aliphatic heterocycles. The van der Waals surface area contributed by atoms with Crippen LogP contribution in [0.1, 0.15) is 22.8 Å². The van der Waals surface area contributed by atoms with Crippen molar-refractivity contribution < 1.29 is 13.9 Å². The molecule has 4 nitrogen and oxygen atoms in total. The molecule has 0 aliphatic carbocycles. The predicted octanol–water partition coefficient (Wildman–Crippen LogP) is 3.37. The summed E-state index contributed by atoms with van der Waals surface area (Å²) in [5.74, 6) is -0.729. The van der Waals surface area contributed by atoms with Crippen LogP contribution in [0.5, 0.6) is 5.75 Å².